The summed E-state index contributed by atoms with van der Waals surface area (Å²) in [4.78, 5) is 25.0. The number of fused-ring (bicyclic) bond motifs is 3. The third-order valence-corrected chi connectivity index (χ3v) is 7.53. The lowest BCUT2D eigenvalue weighted by Crippen LogP contribution is -2.56. The summed E-state index contributed by atoms with van der Waals surface area (Å²) in [7, 11) is 0. The number of hydrogen-bond donors (Lipinski definition) is 2. The monoisotopic (exact) mass is 475 g/mol. The van der Waals surface area contributed by atoms with Gasteiger partial charge in [-0.15, -0.1) is 0 Å². The number of carboxylic acid groups (broad SMARTS) is 1. The average Bonchev–Trinajstić information content (AvgIpc) is 3.17. The number of alkyl carbamates (subject to hydrolysis) is 1. The van der Waals surface area contributed by atoms with Crippen LogP contribution in [0.5, 0.6) is 0 Å². The average molecular weight is 476 g/mol. The van der Waals surface area contributed by atoms with Gasteiger partial charge < -0.3 is 15.2 Å². The van der Waals surface area contributed by atoms with E-state index < -0.39 is 17.6 Å². The first-order valence-electron chi connectivity index (χ1n) is 11.6. The van der Waals surface area contributed by atoms with E-state index in [1.54, 1.807) is 0 Å². The van der Waals surface area contributed by atoms with Crippen molar-refractivity contribution >= 4 is 23.7 Å². The van der Waals surface area contributed by atoms with Crippen molar-refractivity contribution in [2.45, 2.75) is 43.1 Å². The van der Waals surface area contributed by atoms with E-state index in [1.165, 1.54) is 0 Å². The molecule has 0 aromatic heterocycles. The molecule has 1 amide bonds. The topological polar surface area (TPSA) is 75.6 Å². The first kappa shape index (κ1) is 22.5. The van der Waals surface area contributed by atoms with Gasteiger partial charge in [-0.3, -0.25) is 0 Å². The Kier molecular flexibility index (Phi) is 6.05. The number of carbonyl (C=O) groups is 2. The van der Waals surface area contributed by atoms with Gasteiger partial charge in [0.15, 0.2) is 0 Å². The number of rotatable bonds is 5. The summed E-state index contributed by atoms with van der Waals surface area (Å²) in [6.45, 7) is 0.156. The Labute approximate surface area is 203 Å². The van der Waals surface area contributed by atoms with E-state index in [4.69, 9.17) is 16.3 Å². The number of benzene rings is 3. The Bertz CT molecular complexity index is 1170. The maximum Gasteiger partial charge on any atom is 0.408 e. The van der Waals surface area contributed by atoms with E-state index in [2.05, 4.69) is 29.6 Å². The van der Waals surface area contributed by atoms with Crippen molar-refractivity contribution < 1.29 is 19.4 Å². The van der Waals surface area contributed by atoms with Crippen LogP contribution in [0.2, 0.25) is 5.02 Å². The highest BCUT2D eigenvalue weighted by Gasteiger charge is 2.44. The first-order valence-corrected chi connectivity index (χ1v) is 12.0. The molecular weight excluding hydrogens is 450 g/mol. The zero-order chi connectivity index (χ0) is 23.7. The van der Waals surface area contributed by atoms with Crippen LogP contribution in [0.1, 0.15) is 54.2 Å². The number of hydrogen-bond acceptors (Lipinski definition) is 3. The lowest BCUT2D eigenvalue weighted by molar-refractivity contribution is -0.146. The maximum atomic E-state index is 12.8. The van der Waals surface area contributed by atoms with Crippen molar-refractivity contribution in [3.63, 3.8) is 0 Å². The maximum absolute atomic E-state index is 12.8. The normalized spacial score (nSPS) is 21.4. The molecule has 3 aromatic rings. The van der Waals surface area contributed by atoms with E-state index in [9.17, 15) is 14.7 Å². The van der Waals surface area contributed by atoms with Crippen LogP contribution in [-0.2, 0) is 9.53 Å². The number of aliphatic carboxylic acids is 1. The van der Waals surface area contributed by atoms with E-state index in [1.807, 2.05) is 48.5 Å². The van der Waals surface area contributed by atoms with Gasteiger partial charge in [0.2, 0.25) is 0 Å². The third kappa shape index (κ3) is 4.16. The van der Waals surface area contributed by atoms with Crippen LogP contribution in [0.4, 0.5) is 4.79 Å². The molecule has 0 unspecified atom stereocenters. The van der Waals surface area contributed by atoms with Crippen LogP contribution in [0, 0.1) is 0 Å². The molecule has 0 aliphatic heterocycles. The van der Waals surface area contributed by atoms with Gasteiger partial charge in [0, 0.05) is 10.9 Å². The van der Waals surface area contributed by atoms with Crippen LogP contribution < -0.4 is 5.32 Å². The van der Waals surface area contributed by atoms with E-state index in [-0.39, 0.29) is 18.4 Å². The second kappa shape index (κ2) is 9.15. The highest BCUT2D eigenvalue weighted by atomic mass is 35.5. The Morgan fingerprint density at radius 2 is 1.47 bits per heavy atom. The molecule has 0 saturated heterocycles. The van der Waals surface area contributed by atoms with Crippen LogP contribution in [0.3, 0.4) is 0 Å². The summed E-state index contributed by atoms with van der Waals surface area (Å²) in [5, 5.41) is 13.4. The smallest absolute Gasteiger partial charge is 0.408 e. The molecular formula is C28H26ClNO4. The van der Waals surface area contributed by atoms with Gasteiger partial charge in [0.25, 0.3) is 0 Å². The van der Waals surface area contributed by atoms with Crippen LogP contribution in [0.25, 0.3) is 11.1 Å². The van der Waals surface area contributed by atoms with Gasteiger partial charge >= 0.3 is 12.1 Å². The van der Waals surface area contributed by atoms with Gasteiger partial charge in [0.05, 0.1) is 0 Å². The van der Waals surface area contributed by atoms with Crippen LogP contribution >= 0.6 is 11.6 Å². The highest BCUT2D eigenvalue weighted by Crippen LogP contribution is 2.44. The molecule has 5 rings (SSSR count). The summed E-state index contributed by atoms with van der Waals surface area (Å²) in [6, 6.07) is 23.9. The van der Waals surface area contributed by atoms with Crippen molar-refractivity contribution in [3.05, 3.63) is 94.5 Å². The van der Waals surface area contributed by atoms with E-state index in [0.717, 1.165) is 27.8 Å². The van der Waals surface area contributed by atoms with Crippen molar-refractivity contribution in [1.29, 1.82) is 0 Å². The highest BCUT2D eigenvalue weighted by molar-refractivity contribution is 6.30. The summed E-state index contributed by atoms with van der Waals surface area (Å²) in [6.07, 6.45) is 1.34. The molecule has 3 aromatic carbocycles. The fraction of sp³-hybridized carbons (Fsp3) is 0.286. The molecule has 0 heterocycles. The second-order valence-electron chi connectivity index (χ2n) is 9.16. The fourth-order valence-electron chi connectivity index (χ4n) is 5.40. The molecule has 2 aliphatic carbocycles. The Hall–Kier alpha value is -3.31. The number of ether oxygens (including phenoxy) is 1. The van der Waals surface area contributed by atoms with Gasteiger partial charge in [-0.1, -0.05) is 72.3 Å². The minimum absolute atomic E-state index is 0.0698. The van der Waals surface area contributed by atoms with Crippen LogP contribution in [-0.4, -0.2) is 29.3 Å². The second-order valence-corrected chi connectivity index (χ2v) is 9.60. The Morgan fingerprint density at radius 1 is 0.912 bits per heavy atom. The number of nitrogens with one attached hydrogen (secondary N) is 1. The summed E-state index contributed by atoms with van der Waals surface area (Å²) in [5.74, 6) is -0.843. The van der Waals surface area contributed by atoms with Gasteiger partial charge in [-0.05, 0) is 71.6 Å². The molecule has 34 heavy (non-hydrogen) atoms. The largest absolute Gasteiger partial charge is 0.480 e. The van der Waals surface area contributed by atoms with Crippen molar-refractivity contribution in [2.24, 2.45) is 0 Å². The standard InChI is InChI=1S/C28H26ClNO4/c29-20-11-9-18(10-12-20)19-13-15-28(16-14-19,26(31)32)30-27(33)34-17-25-23-7-3-1-5-21(23)22-6-2-4-8-24(22)25/h1-12,19,25H,13-17H2,(H,30,33)(H,31,32)/t19-,28+. The molecule has 6 heteroatoms. The SMILES string of the molecule is O=C(N[C@]1(C(=O)O)CC[C@H](c2ccc(Cl)cc2)CC1)OCC1c2ccccc2-c2ccccc21. The minimum Gasteiger partial charge on any atom is -0.480 e. The number of amides is 1. The van der Waals surface area contributed by atoms with E-state index >= 15 is 0 Å². The molecule has 2 aliphatic rings. The summed E-state index contributed by atoms with van der Waals surface area (Å²) < 4.78 is 5.61. The molecule has 1 fully saturated rings. The molecule has 174 valence electrons. The quantitative estimate of drug-likeness (QED) is 0.450. The Morgan fingerprint density at radius 3 is 2.03 bits per heavy atom. The van der Waals surface area contributed by atoms with E-state index in [0.29, 0.717) is 30.7 Å². The fourth-order valence-corrected chi connectivity index (χ4v) is 5.53. The van der Waals surface area contributed by atoms with Crippen molar-refractivity contribution in [2.75, 3.05) is 6.61 Å². The summed E-state index contributed by atoms with van der Waals surface area (Å²) >= 11 is 5.99. The third-order valence-electron chi connectivity index (χ3n) is 7.27. The zero-order valence-electron chi connectivity index (χ0n) is 18.7. The van der Waals surface area contributed by atoms with Crippen LogP contribution in [0.15, 0.2) is 72.8 Å². The van der Waals surface area contributed by atoms with Crippen molar-refractivity contribution in [3.8, 4) is 11.1 Å². The molecule has 0 atom stereocenters. The predicted octanol–water partition coefficient (Wildman–Crippen LogP) is 6.36. The summed E-state index contributed by atoms with van der Waals surface area (Å²) in [5.41, 5.74) is 4.36. The zero-order valence-corrected chi connectivity index (χ0v) is 19.4. The molecule has 5 nitrogen and oxygen atoms in total. The molecule has 0 bridgehead atoms. The molecule has 0 radical (unpaired) electrons. The number of halogens is 1. The lowest BCUT2D eigenvalue weighted by Gasteiger charge is -2.37. The van der Waals surface area contributed by atoms with Gasteiger partial charge in [-0.2, -0.15) is 0 Å². The first-order chi connectivity index (χ1) is 16.5. The van der Waals surface area contributed by atoms with Crippen molar-refractivity contribution in [1.82, 2.24) is 5.32 Å². The Balaban J connectivity index is 1.25. The van der Waals surface area contributed by atoms with Gasteiger partial charge in [-0.25, -0.2) is 9.59 Å². The minimum atomic E-state index is -1.31. The molecule has 2 N–H and O–H groups in total. The molecule has 0 spiro atoms. The molecule has 1 saturated carbocycles. The number of carbonyl (C=O) groups excluding carboxylic acids is 1. The van der Waals surface area contributed by atoms with Gasteiger partial charge in [0.1, 0.15) is 12.1 Å². The number of carboxylic acids is 1. The predicted molar refractivity (Wildman–Crippen MR) is 131 cm³/mol. The lowest BCUT2D eigenvalue weighted by atomic mass is 9.74.